The fourth-order valence-corrected chi connectivity index (χ4v) is 2.45. The van der Waals surface area contributed by atoms with Gasteiger partial charge in [-0.2, -0.15) is 0 Å². The summed E-state index contributed by atoms with van der Waals surface area (Å²) >= 11 is 0. The minimum absolute atomic E-state index is 0.0230. The minimum atomic E-state index is -0.0877. The number of carbonyl (C=O) groups is 1. The van der Waals surface area contributed by atoms with Crippen LogP contribution in [0.1, 0.15) is 50.1 Å². The predicted octanol–water partition coefficient (Wildman–Crippen LogP) is 3.58. The highest BCUT2D eigenvalue weighted by atomic mass is 16.5. The Morgan fingerprint density at radius 1 is 1.24 bits per heavy atom. The highest BCUT2D eigenvalue weighted by Crippen LogP contribution is 2.24. The van der Waals surface area contributed by atoms with Crippen molar-refractivity contribution in [3.63, 3.8) is 0 Å². The predicted molar refractivity (Wildman–Crippen MR) is 98.0 cm³/mol. The van der Waals surface area contributed by atoms with E-state index in [1.54, 1.807) is 7.11 Å². The second-order valence-electron chi connectivity index (χ2n) is 7.26. The molecule has 0 spiro atoms. The third kappa shape index (κ3) is 5.62. The van der Waals surface area contributed by atoms with E-state index in [0.29, 0.717) is 13.0 Å². The molecule has 0 fully saturated rings. The van der Waals surface area contributed by atoms with Crippen molar-refractivity contribution in [1.82, 2.24) is 10.3 Å². The lowest BCUT2D eigenvalue weighted by atomic mass is 9.97. The van der Waals surface area contributed by atoms with Crippen LogP contribution in [0.4, 0.5) is 0 Å². The number of benzene rings is 1. The number of methoxy groups -OCH3 is 1. The lowest BCUT2D eigenvalue weighted by Gasteiger charge is -2.12. The minimum Gasteiger partial charge on any atom is -0.497 e. The van der Waals surface area contributed by atoms with E-state index in [1.807, 2.05) is 31.2 Å². The van der Waals surface area contributed by atoms with Gasteiger partial charge in [-0.05, 0) is 31.0 Å². The number of oxazole rings is 1. The fourth-order valence-electron chi connectivity index (χ4n) is 2.45. The molecule has 0 bridgehead atoms. The van der Waals surface area contributed by atoms with Crippen molar-refractivity contribution < 1.29 is 13.9 Å². The topological polar surface area (TPSA) is 64.4 Å². The molecule has 25 heavy (non-hydrogen) atoms. The molecule has 0 aliphatic carbocycles. The quantitative estimate of drug-likeness (QED) is 0.780. The van der Waals surface area contributed by atoms with Crippen LogP contribution in [0.3, 0.4) is 0 Å². The lowest BCUT2D eigenvalue weighted by Crippen LogP contribution is -2.26. The molecule has 0 unspecified atom stereocenters. The van der Waals surface area contributed by atoms with Crippen molar-refractivity contribution in [3.05, 3.63) is 47.2 Å². The molecule has 136 valence electrons. The third-order valence-corrected chi connectivity index (χ3v) is 3.96. The maximum Gasteiger partial charge on any atom is 0.224 e. The van der Waals surface area contributed by atoms with E-state index >= 15 is 0 Å². The first-order valence-electron chi connectivity index (χ1n) is 8.66. The van der Waals surface area contributed by atoms with E-state index in [2.05, 4.69) is 31.1 Å². The second-order valence-corrected chi connectivity index (χ2v) is 7.26. The summed E-state index contributed by atoms with van der Waals surface area (Å²) in [5, 5.41) is 2.95. The van der Waals surface area contributed by atoms with Crippen LogP contribution in [0.15, 0.2) is 28.7 Å². The first-order chi connectivity index (χ1) is 11.8. The number of rotatable bonds is 7. The van der Waals surface area contributed by atoms with Crippen LogP contribution in [0.25, 0.3) is 0 Å². The normalized spacial score (nSPS) is 11.4. The van der Waals surface area contributed by atoms with Gasteiger partial charge in [-0.25, -0.2) is 4.98 Å². The number of amides is 1. The molecule has 5 nitrogen and oxygen atoms in total. The van der Waals surface area contributed by atoms with Crippen LogP contribution in [0.2, 0.25) is 0 Å². The number of hydrogen-bond acceptors (Lipinski definition) is 4. The third-order valence-electron chi connectivity index (χ3n) is 3.96. The monoisotopic (exact) mass is 344 g/mol. The lowest BCUT2D eigenvalue weighted by molar-refractivity contribution is -0.120. The van der Waals surface area contributed by atoms with Gasteiger partial charge in [0.1, 0.15) is 11.5 Å². The number of ether oxygens (including phenoxy) is 1. The maximum atomic E-state index is 12.0. The summed E-state index contributed by atoms with van der Waals surface area (Å²) in [5.41, 5.74) is 1.82. The molecule has 1 aromatic carbocycles. The average molecular weight is 344 g/mol. The van der Waals surface area contributed by atoms with Gasteiger partial charge in [0.05, 0.1) is 19.2 Å². The molecule has 0 atom stereocenters. The molecule has 0 saturated carbocycles. The number of aromatic nitrogens is 1. The van der Waals surface area contributed by atoms with Gasteiger partial charge in [0.25, 0.3) is 0 Å². The van der Waals surface area contributed by atoms with Crippen LogP contribution < -0.4 is 10.1 Å². The van der Waals surface area contributed by atoms with Gasteiger partial charge in [-0.1, -0.05) is 32.9 Å². The van der Waals surface area contributed by atoms with Gasteiger partial charge >= 0.3 is 0 Å². The molecule has 1 heterocycles. The number of aryl methyl sites for hydroxylation is 2. The van der Waals surface area contributed by atoms with Crippen LogP contribution in [-0.4, -0.2) is 24.5 Å². The first-order valence-corrected chi connectivity index (χ1v) is 8.66. The molecule has 0 radical (unpaired) electrons. The molecule has 0 saturated heterocycles. The highest BCUT2D eigenvalue weighted by molar-refractivity contribution is 5.78. The Labute approximate surface area is 149 Å². The van der Waals surface area contributed by atoms with E-state index in [4.69, 9.17) is 9.15 Å². The largest absolute Gasteiger partial charge is 0.497 e. The van der Waals surface area contributed by atoms with Crippen molar-refractivity contribution in [2.45, 2.75) is 52.4 Å². The average Bonchev–Trinajstić information content (AvgIpc) is 2.93. The Hall–Kier alpha value is -2.30. The van der Waals surface area contributed by atoms with Gasteiger partial charge in [-0.15, -0.1) is 0 Å². The summed E-state index contributed by atoms with van der Waals surface area (Å²) in [4.78, 5) is 16.5. The summed E-state index contributed by atoms with van der Waals surface area (Å²) in [6.45, 7) is 8.85. The zero-order valence-electron chi connectivity index (χ0n) is 15.8. The highest BCUT2D eigenvalue weighted by Gasteiger charge is 2.22. The first kappa shape index (κ1) is 19.0. The van der Waals surface area contributed by atoms with Gasteiger partial charge in [0.2, 0.25) is 5.91 Å². The van der Waals surface area contributed by atoms with Crippen LogP contribution in [-0.2, 0) is 23.1 Å². The molecule has 0 aliphatic rings. The molecule has 1 amide bonds. The van der Waals surface area contributed by atoms with E-state index in [1.165, 1.54) is 0 Å². The number of nitrogens with one attached hydrogen (secondary N) is 1. The van der Waals surface area contributed by atoms with Gasteiger partial charge in [0.15, 0.2) is 5.89 Å². The van der Waals surface area contributed by atoms with Crippen molar-refractivity contribution in [2.75, 3.05) is 13.7 Å². The van der Waals surface area contributed by atoms with Crippen LogP contribution in [0.5, 0.6) is 5.75 Å². The zero-order valence-corrected chi connectivity index (χ0v) is 15.8. The molecule has 5 heteroatoms. The summed E-state index contributed by atoms with van der Waals surface area (Å²) in [5.74, 6) is 2.49. The Balaban J connectivity index is 1.75. The van der Waals surface area contributed by atoms with E-state index in [9.17, 15) is 4.79 Å². The fraction of sp³-hybridized carbons (Fsp3) is 0.500. The molecule has 0 aliphatic heterocycles. The van der Waals surface area contributed by atoms with Gasteiger partial charge in [0, 0.05) is 18.4 Å². The van der Waals surface area contributed by atoms with Gasteiger partial charge in [-0.3, -0.25) is 4.79 Å². The molecule has 1 aromatic heterocycles. The smallest absolute Gasteiger partial charge is 0.224 e. The number of hydrogen-bond donors (Lipinski definition) is 1. The molecular formula is C20H28N2O3. The van der Waals surface area contributed by atoms with Crippen molar-refractivity contribution >= 4 is 5.91 Å². The Morgan fingerprint density at radius 3 is 2.48 bits per heavy atom. The standard InChI is InChI=1S/C20H28N2O3/c1-14-17(25-19(22-14)20(2,3)4)7-6-12-21-18(23)13-15-8-10-16(24-5)11-9-15/h8-11H,6-7,12-13H2,1-5H3,(H,21,23). The maximum absolute atomic E-state index is 12.0. The molecule has 2 rings (SSSR count). The van der Waals surface area contributed by atoms with Crippen LogP contribution >= 0.6 is 0 Å². The summed E-state index contributed by atoms with van der Waals surface area (Å²) in [7, 11) is 1.63. The Bertz CT molecular complexity index is 697. The zero-order chi connectivity index (χ0) is 18.4. The van der Waals surface area contributed by atoms with Crippen molar-refractivity contribution in [1.29, 1.82) is 0 Å². The Kier molecular flexibility index (Phi) is 6.23. The van der Waals surface area contributed by atoms with E-state index < -0.39 is 0 Å². The molecule has 2 aromatic rings. The molecule has 1 N–H and O–H groups in total. The molecular weight excluding hydrogens is 316 g/mol. The van der Waals surface area contributed by atoms with Crippen molar-refractivity contribution in [3.8, 4) is 5.75 Å². The SMILES string of the molecule is COc1ccc(CC(=O)NCCCc2oc(C(C)(C)C)nc2C)cc1. The summed E-state index contributed by atoms with van der Waals surface area (Å²) in [6.07, 6.45) is 1.98. The van der Waals surface area contributed by atoms with E-state index in [-0.39, 0.29) is 11.3 Å². The second kappa shape index (κ2) is 8.19. The summed E-state index contributed by atoms with van der Waals surface area (Å²) < 4.78 is 11.0. The Morgan fingerprint density at radius 2 is 1.92 bits per heavy atom. The van der Waals surface area contributed by atoms with Crippen LogP contribution in [0, 0.1) is 6.92 Å². The van der Waals surface area contributed by atoms with Crippen molar-refractivity contribution in [2.24, 2.45) is 0 Å². The van der Waals surface area contributed by atoms with Gasteiger partial charge < -0.3 is 14.5 Å². The number of carbonyl (C=O) groups excluding carboxylic acids is 1. The summed E-state index contributed by atoms with van der Waals surface area (Å²) in [6, 6.07) is 7.54. The van der Waals surface area contributed by atoms with E-state index in [0.717, 1.165) is 41.5 Å². The number of nitrogens with zero attached hydrogens (tertiary/aromatic N) is 1.